The number of nitrogens with two attached hydrogens (primary N) is 1. The number of aromatic nitrogens is 2. The summed E-state index contributed by atoms with van der Waals surface area (Å²) in [6.07, 6.45) is 0. The van der Waals surface area contributed by atoms with Crippen molar-refractivity contribution in [3.05, 3.63) is 40.9 Å². The number of nitrogens with zero attached hydrogens (tertiary/aromatic N) is 1. The van der Waals surface area contributed by atoms with Crippen LogP contribution in [0.15, 0.2) is 35.3 Å². The first-order valence-electron chi connectivity index (χ1n) is 4.84. The monoisotopic (exact) mass is 277 g/mol. The minimum atomic E-state index is 0.492. The number of benzene rings is 1. The van der Waals surface area contributed by atoms with E-state index in [-0.39, 0.29) is 0 Å². The molecule has 1 aromatic carbocycles. The van der Waals surface area contributed by atoms with Crippen LogP contribution in [0, 0.1) is 0 Å². The molecule has 0 aliphatic carbocycles. The number of nitrogens with one attached hydrogen (secondary N) is 1. The maximum absolute atomic E-state index is 5.58. The van der Waals surface area contributed by atoms with E-state index in [1.807, 2.05) is 25.1 Å². The summed E-state index contributed by atoms with van der Waals surface area (Å²) in [7, 11) is 0. The summed E-state index contributed by atoms with van der Waals surface area (Å²) >= 11 is 3.48. The highest BCUT2D eigenvalue weighted by molar-refractivity contribution is 9.10. The smallest absolute Gasteiger partial charge is 0.145 e. The quantitative estimate of drug-likeness (QED) is 0.883. The number of nitrogen functional groups attached to an aromatic ring is 1. The van der Waals surface area contributed by atoms with Crippen molar-refractivity contribution in [2.75, 3.05) is 5.73 Å². The molecular weight excluding hydrogens is 266 g/mol. The zero-order valence-corrected chi connectivity index (χ0v) is 10.5. The van der Waals surface area contributed by atoms with Gasteiger partial charge < -0.3 is 5.73 Å². The molecule has 1 aromatic heterocycles. The maximum atomic E-state index is 5.58. The van der Waals surface area contributed by atoms with Gasteiger partial charge in [0.25, 0.3) is 0 Å². The zero-order valence-electron chi connectivity index (χ0n) is 8.92. The van der Waals surface area contributed by atoms with Gasteiger partial charge in [-0.25, -0.2) is 0 Å². The van der Waals surface area contributed by atoms with Crippen molar-refractivity contribution in [2.24, 2.45) is 0 Å². The van der Waals surface area contributed by atoms with Crippen molar-refractivity contribution in [1.82, 2.24) is 10.2 Å². The molecule has 3 nitrogen and oxygen atoms in total. The minimum absolute atomic E-state index is 0.492. The second kappa shape index (κ2) is 4.14. The Morgan fingerprint density at radius 3 is 2.69 bits per heavy atom. The Hall–Kier alpha value is -1.55. The third-order valence-electron chi connectivity index (χ3n) is 2.30. The van der Waals surface area contributed by atoms with Crippen LogP contribution in [0.1, 0.15) is 12.5 Å². The molecule has 0 fully saturated rings. The van der Waals surface area contributed by atoms with Crippen LogP contribution < -0.4 is 5.73 Å². The molecule has 0 aliphatic rings. The van der Waals surface area contributed by atoms with Crippen molar-refractivity contribution in [2.45, 2.75) is 6.92 Å². The van der Waals surface area contributed by atoms with E-state index in [9.17, 15) is 0 Å². The van der Waals surface area contributed by atoms with Gasteiger partial charge in [-0.05, 0) is 30.7 Å². The van der Waals surface area contributed by atoms with E-state index in [4.69, 9.17) is 5.73 Å². The third kappa shape index (κ3) is 2.17. The number of allylic oxidation sites excluding steroid dienone is 1. The average molecular weight is 278 g/mol. The van der Waals surface area contributed by atoms with Gasteiger partial charge in [-0.2, -0.15) is 5.10 Å². The lowest BCUT2D eigenvalue weighted by atomic mass is 10.0. The van der Waals surface area contributed by atoms with E-state index in [1.165, 1.54) is 0 Å². The molecule has 0 radical (unpaired) electrons. The van der Waals surface area contributed by atoms with Gasteiger partial charge in [0.1, 0.15) is 5.82 Å². The summed E-state index contributed by atoms with van der Waals surface area (Å²) in [5.41, 5.74) is 9.64. The van der Waals surface area contributed by atoms with Crippen molar-refractivity contribution in [3.8, 4) is 11.3 Å². The van der Waals surface area contributed by atoms with Crippen LogP contribution in [0.25, 0.3) is 16.8 Å². The SMILES string of the molecule is C=C(C)c1cc(Br)cc(-c2cc(N)n[nH]2)c1. The fourth-order valence-corrected chi connectivity index (χ4v) is 1.97. The molecule has 2 aromatic rings. The van der Waals surface area contributed by atoms with Crippen molar-refractivity contribution < 1.29 is 0 Å². The third-order valence-corrected chi connectivity index (χ3v) is 2.76. The van der Waals surface area contributed by atoms with Crippen LogP contribution in [0.2, 0.25) is 0 Å². The molecule has 16 heavy (non-hydrogen) atoms. The molecule has 0 amide bonds. The first-order chi connectivity index (χ1) is 7.56. The second-order valence-corrected chi connectivity index (χ2v) is 4.63. The predicted molar refractivity (Wildman–Crippen MR) is 70.8 cm³/mol. The Kier molecular flexibility index (Phi) is 2.83. The molecule has 2 rings (SSSR count). The van der Waals surface area contributed by atoms with Crippen LogP contribution in [0.4, 0.5) is 5.82 Å². The Balaban J connectivity index is 2.53. The normalized spacial score (nSPS) is 10.4. The minimum Gasteiger partial charge on any atom is -0.382 e. The standard InChI is InChI=1S/C12H12BrN3/c1-7(2)8-3-9(5-10(13)4-8)11-6-12(14)16-15-11/h3-6H,1H2,2H3,(H3,14,15,16). The Morgan fingerprint density at radius 1 is 1.38 bits per heavy atom. The van der Waals surface area contributed by atoms with Gasteiger partial charge in [-0.1, -0.05) is 28.1 Å². The lowest BCUT2D eigenvalue weighted by Gasteiger charge is -2.04. The fraction of sp³-hybridized carbons (Fsp3) is 0.0833. The number of rotatable bonds is 2. The largest absolute Gasteiger partial charge is 0.382 e. The number of halogens is 1. The molecule has 0 spiro atoms. The number of anilines is 1. The molecule has 82 valence electrons. The molecule has 1 heterocycles. The van der Waals surface area contributed by atoms with E-state index in [0.29, 0.717) is 5.82 Å². The zero-order chi connectivity index (χ0) is 11.7. The van der Waals surface area contributed by atoms with Gasteiger partial charge in [0.05, 0.1) is 5.69 Å². The van der Waals surface area contributed by atoms with Crippen LogP contribution in [0.5, 0.6) is 0 Å². The number of aromatic amines is 1. The van der Waals surface area contributed by atoms with Gasteiger partial charge in [0, 0.05) is 16.1 Å². The fourth-order valence-electron chi connectivity index (χ4n) is 1.48. The molecule has 0 bridgehead atoms. The van der Waals surface area contributed by atoms with E-state index in [2.05, 4.69) is 38.8 Å². The molecule has 0 unspecified atom stereocenters. The number of H-pyrrole nitrogens is 1. The second-order valence-electron chi connectivity index (χ2n) is 3.72. The van der Waals surface area contributed by atoms with Crippen LogP contribution in [-0.4, -0.2) is 10.2 Å². The van der Waals surface area contributed by atoms with E-state index < -0.39 is 0 Å². The molecule has 0 atom stereocenters. The number of hydrogen-bond acceptors (Lipinski definition) is 2. The Labute approximate surface area is 102 Å². The summed E-state index contributed by atoms with van der Waals surface area (Å²) in [6, 6.07) is 7.91. The van der Waals surface area contributed by atoms with Gasteiger partial charge in [-0.3, -0.25) is 5.10 Å². The Bertz CT molecular complexity index is 543. The molecular formula is C12H12BrN3. The summed E-state index contributed by atoms with van der Waals surface area (Å²) in [6.45, 7) is 5.91. The van der Waals surface area contributed by atoms with Gasteiger partial charge in [0.2, 0.25) is 0 Å². The van der Waals surface area contributed by atoms with Crippen molar-refractivity contribution >= 4 is 27.3 Å². The Morgan fingerprint density at radius 2 is 2.12 bits per heavy atom. The van der Waals surface area contributed by atoms with E-state index in [0.717, 1.165) is 26.9 Å². The summed E-state index contributed by atoms with van der Waals surface area (Å²) < 4.78 is 1.01. The van der Waals surface area contributed by atoms with Crippen molar-refractivity contribution in [3.63, 3.8) is 0 Å². The molecule has 0 saturated heterocycles. The summed E-state index contributed by atoms with van der Waals surface area (Å²) in [5.74, 6) is 0.492. The van der Waals surface area contributed by atoms with Gasteiger partial charge in [-0.15, -0.1) is 0 Å². The molecule has 3 N–H and O–H groups in total. The average Bonchev–Trinajstić information content (AvgIpc) is 2.64. The number of hydrogen-bond donors (Lipinski definition) is 2. The van der Waals surface area contributed by atoms with Gasteiger partial charge in [0.15, 0.2) is 0 Å². The van der Waals surface area contributed by atoms with Crippen LogP contribution in [0.3, 0.4) is 0 Å². The lowest BCUT2D eigenvalue weighted by molar-refractivity contribution is 1.10. The van der Waals surface area contributed by atoms with Crippen molar-refractivity contribution in [1.29, 1.82) is 0 Å². The first-order valence-corrected chi connectivity index (χ1v) is 5.63. The summed E-state index contributed by atoms with van der Waals surface area (Å²) in [5, 5.41) is 6.80. The van der Waals surface area contributed by atoms with Gasteiger partial charge >= 0.3 is 0 Å². The molecule has 0 aliphatic heterocycles. The molecule has 4 heteroatoms. The van der Waals surface area contributed by atoms with Crippen LogP contribution >= 0.6 is 15.9 Å². The predicted octanol–water partition coefficient (Wildman–Crippen LogP) is 3.45. The first kappa shape index (κ1) is 11.0. The highest BCUT2D eigenvalue weighted by atomic mass is 79.9. The van der Waals surface area contributed by atoms with E-state index in [1.54, 1.807) is 0 Å². The maximum Gasteiger partial charge on any atom is 0.145 e. The van der Waals surface area contributed by atoms with Crippen LogP contribution in [-0.2, 0) is 0 Å². The highest BCUT2D eigenvalue weighted by Gasteiger charge is 2.05. The molecule has 0 saturated carbocycles. The highest BCUT2D eigenvalue weighted by Crippen LogP contribution is 2.27. The topological polar surface area (TPSA) is 54.7 Å². The van der Waals surface area contributed by atoms with E-state index >= 15 is 0 Å². The summed E-state index contributed by atoms with van der Waals surface area (Å²) in [4.78, 5) is 0. The lowest BCUT2D eigenvalue weighted by Crippen LogP contribution is -1.83.